The average molecular weight is 295 g/mol. The van der Waals surface area contributed by atoms with Gasteiger partial charge in [0, 0.05) is 11.7 Å². The van der Waals surface area contributed by atoms with Gasteiger partial charge in [0.2, 0.25) is 5.91 Å². The number of carbonyl (C=O) groups excluding carboxylic acids is 1. The van der Waals surface area contributed by atoms with Crippen LogP contribution in [-0.4, -0.2) is 26.0 Å². The topological polar surface area (TPSA) is 59.8 Å². The van der Waals surface area contributed by atoms with E-state index in [9.17, 15) is 4.79 Å². The van der Waals surface area contributed by atoms with Crippen LogP contribution in [0.2, 0.25) is 0 Å². The summed E-state index contributed by atoms with van der Waals surface area (Å²) < 4.78 is 1.77. The fourth-order valence-electron chi connectivity index (χ4n) is 2.05. The highest BCUT2D eigenvalue weighted by atomic mass is 35.5. The number of aromatic nitrogens is 3. The molecule has 5 nitrogen and oxygen atoms in total. The first-order chi connectivity index (χ1) is 9.31. The van der Waals surface area contributed by atoms with Gasteiger partial charge >= 0.3 is 0 Å². The summed E-state index contributed by atoms with van der Waals surface area (Å²) in [6, 6.07) is 1.90. The van der Waals surface area contributed by atoms with Crippen molar-refractivity contribution in [1.29, 1.82) is 0 Å². The Morgan fingerprint density at radius 2 is 2.15 bits per heavy atom. The summed E-state index contributed by atoms with van der Waals surface area (Å²) in [5, 5.41) is 2.93. The molecule has 1 N–H and O–H groups in total. The Bertz CT molecular complexity index is 642. The maximum absolute atomic E-state index is 12.1. The van der Waals surface area contributed by atoms with E-state index in [1.165, 1.54) is 0 Å². The third kappa shape index (κ3) is 3.10. The van der Waals surface area contributed by atoms with Crippen LogP contribution in [0.1, 0.15) is 32.2 Å². The van der Waals surface area contributed by atoms with Crippen molar-refractivity contribution in [1.82, 2.24) is 19.9 Å². The van der Waals surface area contributed by atoms with Crippen molar-refractivity contribution in [2.24, 2.45) is 0 Å². The molecule has 0 saturated carbocycles. The lowest BCUT2D eigenvalue weighted by molar-refractivity contribution is -0.123. The maximum atomic E-state index is 12.1. The van der Waals surface area contributed by atoms with Gasteiger partial charge in [-0.1, -0.05) is 0 Å². The number of nitrogens with one attached hydrogen (secondary N) is 1. The number of pyridine rings is 1. The molecular weight excluding hydrogens is 276 g/mol. The largest absolute Gasteiger partial charge is 0.350 e. The molecule has 0 saturated heterocycles. The molecule has 2 aromatic heterocycles. The molecule has 2 heterocycles. The second-order valence-corrected chi connectivity index (χ2v) is 6.11. The number of hydrogen-bond donors (Lipinski definition) is 1. The Balaban J connectivity index is 2.38. The molecule has 0 aliphatic carbocycles. The number of alkyl halides is 1. The maximum Gasteiger partial charge on any atom is 0.240 e. The standard InChI is InChI=1S/C14H19ClN4O/c1-9-5-6-16-13-12(9)17-10(7-15)19(13)8-11(20)18-14(2,3)4/h5-6H,7-8H2,1-4H3,(H,18,20). The average Bonchev–Trinajstić information content (AvgIpc) is 2.67. The van der Waals surface area contributed by atoms with Gasteiger partial charge in [0.15, 0.2) is 5.65 Å². The molecule has 2 rings (SSSR count). The molecule has 0 atom stereocenters. The number of rotatable bonds is 3. The van der Waals surface area contributed by atoms with E-state index < -0.39 is 0 Å². The molecule has 0 aliphatic rings. The van der Waals surface area contributed by atoms with Gasteiger partial charge in [-0.25, -0.2) is 9.97 Å². The minimum atomic E-state index is -0.266. The summed E-state index contributed by atoms with van der Waals surface area (Å²) in [5.74, 6) is 0.831. The number of aryl methyl sites for hydroxylation is 1. The number of halogens is 1. The first-order valence-electron chi connectivity index (χ1n) is 6.49. The van der Waals surface area contributed by atoms with Crippen LogP contribution in [0.3, 0.4) is 0 Å². The first kappa shape index (κ1) is 14.8. The van der Waals surface area contributed by atoms with E-state index in [1.54, 1.807) is 10.8 Å². The summed E-state index contributed by atoms with van der Waals surface area (Å²) >= 11 is 5.93. The monoisotopic (exact) mass is 294 g/mol. The van der Waals surface area contributed by atoms with Crippen molar-refractivity contribution in [2.45, 2.75) is 45.7 Å². The van der Waals surface area contributed by atoms with Gasteiger partial charge < -0.3 is 9.88 Å². The van der Waals surface area contributed by atoms with Crippen LogP contribution in [-0.2, 0) is 17.2 Å². The van der Waals surface area contributed by atoms with Crippen LogP contribution in [0.4, 0.5) is 0 Å². The van der Waals surface area contributed by atoms with Crippen LogP contribution in [0.25, 0.3) is 11.2 Å². The third-order valence-electron chi connectivity index (χ3n) is 2.85. The number of imidazole rings is 1. The van der Waals surface area contributed by atoms with Crippen LogP contribution < -0.4 is 5.32 Å². The van der Waals surface area contributed by atoms with Crippen LogP contribution in [0, 0.1) is 6.92 Å². The molecule has 0 spiro atoms. The van der Waals surface area contributed by atoms with Gasteiger partial charge in [-0.3, -0.25) is 4.79 Å². The molecule has 0 radical (unpaired) electrons. The van der Waals surface area contributed by atoms with Gasteiger partial charge in [0.1, 0.15) is 17.9 Å². The van der Waals surface area contributed by atoms with Crippen LogP contribution >= 0.6 is 11.6 Å². The van der Waals surface area contributed by atoms with Crippen molar-refractivity contribution in [3.8, 4) is 0 Å². The highest BCUT2D eigenvalue weighted by Gasteiger charge is 2.18. The molecule has 0 unspecified atom stereocenters. The molecular formula is C14H19ClN4O. The summed E-state index contributed by atoms with van der Waals surface area (Å²) in [4.78, 5) is 20.9. The second kappa shape index (κ2) is 5.40. The van der Waals surface area contributed by atoms with Gasteiger partial charge in [0.25, 0.3) is 0 Å². The fourth-order valence-corrected chi connectivity index (χ4v) is 2.26. The van der Waals surface area contributed by atoms with Gasteiger partial charge in [-0.05, 0) is 39.3 Å². The molecule has 0 aliphatic heterocycles. The zero-order valence-corrected chi connectivity index (χ0v) is 13.0. The van der Waals surface area contributed by atoms with Crippen molar-refractivity contribution >= 4 is 28.7 Å². The molecule has 6 heteroatoms. The minimum Gasteiger partial charge on any atom is -0.350 e. The Morgan fingerprint density at radius 1 is 1.45 bits per heavy atom. The zero-order chi connectivity index (χ0) is 14.9. The van der Waals surface area contributed by atoms with Crippen molar-refractivity contribution in [3.63, 3.8) is 0 Å². The van der Waals surface area contributed by atoms with Crippen molar-refractivity contribution in [3.05, 3.63) is 23.7 Å². The molecule has 1 amide bonds. The Morgan fingerprint density at radius 3 is 2.75 bits per heavy atom. The Hall–Kier alpha value is -1.62. The number of carbonyl (C=O) groups is 1. The van der Waals surface area contributed by atoms with E-state index in [0.717, 1.165) is 11.1 Å². The van der Waals surface area contributed by atoms with Gasteiger partial charge in [-0.15, -0.1) is 11.6 Å². The highest BCUT2D eigenvalue weighted by molar-refractivity contribution is 6.16. The van der Waals surface area contributed by atoms with E-state index in [1.807, 2.05) is 33.8 Å². The van der Waals surface area contributed by atoms with Crippen LogP contribution in [0.15, 0.2) is 12.3 Å². The number of fused-ring (bicyclic) bond motifs is 1. The molecule has 0 aromatic carbocycles. The lowest BCUT2D eigenvalue weighted by atomic mass is 10.1. The van der Waals surface area contributed by atoms with E-state index >= 15 is 0 Å². The predicted octanol–water partition coefficient (Wildman–Crippen LogP) is 2.39. The lowest BCUT2D eigenvalue weighted by Crippen LogP contribution is -2.42. The zero-order valence-electron chi connectivity index (χ0n) is 12.2. The second-order valence-electron chi connectivity index (χ2n) is 5.85. The van der Waals surface area contributed by atoms with E-state index in [4.69, 9.17) is 11.6 Å². The fraction of sp³-hybridized carbons (Fsp3) is 0.500. The third-order valence-corrected chi connectivity index (χ3v) is 3.09. The Labute approximate surface area is 123 Å². The quantitative estimate of drug-likeness (QED) is 0.884. The van der Waals surface area contributed by atoms with E-state index in [0.29, 0.717) is 11.5 Å². The SMILES string of the molecule is Cc1ccnc2c1nc(CCl)n2CC(=O)NC(C)(C)C. The molecule has 0 fully saturated rings. The van der Waals surface area contributed by atoms with Gasteiger partial charge in [-0.2, -0.15) is 0 Å². The molecule has 108 valence electrons. The highest BCUT2D eigenvalue weighted by Crippen LogP contribution is 2.18. The Kier molecular flexibility index (Phi) is 3.99. The lowest BCUT2D eigenvalue weighted by Gasteiger charge is -2.21. The number of nitrogens with zero attached hydrogens (tertiary/aromatic N) is 3. The number of amides is 1. The van der Waals surface area contributed by atoms with Crippen molar-refractivity contribution < 1.29 is 4.79 Å². The smallest absolute Gasteiger partial charge is 0.240 e. The molecule has 20 heavy (non-hydrogen) atoms. The van der Waals surface area contributed by atoms with Gasteiger partial charge in [0.05, 0.1) is 5.88 Å². The van der Waals surface area contributed by atoms with E-state index in [-0.39, 0.29) is 23.9 Å². The van der Waals surface area contributed by atoms with Crippen LogP contribution in [0.5, 0.6) is 0 Å². The summed E-state index contributed by atoms with van der Waals surface area (Å²) in [5.41, 5.74) is 2.26. The first-order valence-corrected chi connectivity index (χ1v) is 7.03. The summed E-state index contributed by atoms with van der Waals surface area (Å²) in [6.07, 6.45) is 1.72. The van der Waals surface area contributed by atoms with Crippen molar-refractivity contribution in [2.75, 3.05) is 0 Å². The molecule has 2 aromatic rings. The normalized spacial score (nSPS) is 11.8. The van der Waals surface area contributed by atoms with E-state index in [2.05, 4.69) is 15.3 Å². The minimum absolute atomic E-state index is 0.0773. The summed E-state index contributed by atoms with van der Waals surface area (Å²) in [7, 11) is 0. The summed E-state index contributed by atoms with van der Waals surface area (Å²) in [6.45, 7) is 7.98. The number of hydrogen-bond acceptors (Lipinski definition) is 3. The predicted molar refractivity (Wildman–Crippen MR) is 79.7 cm³/mol. The molecule has 0 bridgehead atoms.